The predicted octanol–water partition coefficient (Wildman–Crippen LogP) is 4.55. The minimum atomic E-state index is -0.0305. The molecule has 0 spiro atoms. The number of carbonyl (C=O) groups is 1. The second kappa shape index (κ2) is 13.1. The van der Waals surface area contributed by atoms with Crippen molar-refractivity contribution >= 4 is 5.97 Å². The molecular formula is C18H38NO2+. The molecule has 0 aromatic heterocycles. The molecule has 0 aliphatic heterocycles. The topological polar surface area (TPSA) is 26.3 Å². The van der Waals surface area contributed by atoms with Crippen LogP contribution in [0.4, 0.5) is 0 Å². The molecule has 0 N–H and O–H groups in total. The second-order valence-corrected chi connectivity index (χ2v) is 6.21. The van der Waals surface area contributed by atoms with Crippen LogP contribution in [0.25, 0.3) is 0 Å². The Labute approximate surface area is 132 Å². The lowest BCUT2D eigenvalue weighted by molar-refractivity contribution is -0.929. The highest BCUT2D eigenvalue weighted by atomic mass is 16.5. The highest BCUT2D eigenvalue weighted by Gasteiger charge is 2.25. The summed E-state index contributed by atoms with van der Waals surface area (Å²) in [5.41, 5.74) is 0. The van der Waals surface area contributed by atoms with E-state index in [2.05, 4.69) is 20.8 Å². The van der Waals surface area contributed by atoms with Crippen molar-refractivity contribution in [1.29, 1.82) is 0 Å². The molecule has 0 aliphatic carbocycles. The molecule has 0 unspecified atom stereocenters. The second-order valence-electron chi connectivity index (χ2n) is 6.21. The van der Waals surface area contributed by atoms with Gasteiger partial charge < -0.3 is 9.22 Å². The number of nitrogens with zero attached hydrogens (tertiary/aromatic N) is 1. The molecule has 3 nitrogen and oxygen atoms in total. The van der Waals surface area contributed by atoms with Crippen molar-refractivity contribution in [2.45, 2.75) is 79.1 Å². The number of unbranched alkanes of at least 4 members (excludes halogenated alkanes) is 3. The molecule has 0 aromatic rings. The van der Waals surface area contributed by atoms with E-state index in [1.807, 2.05) is 6.92 Å². The van der Waals surface area contributed by atoms with Crippen LogP contribution in [-0.4, -0.2) is 43.2 Å². The number of hydrogen-bond donors (Lipinski definition) is 0. The Bertz CT molecular complexity index is 232. The molecule has 0 atom stereocenters. The minimum Gasteiger partial charge on any atom is -0.466 e. The van der Waals surface area contributed by atoms with Gasteiger partial charge in [-0.25, -0.2) is 0 Å². The van der Waals surface area contributed by atoms with E-state index < -0.39 is 0 Å². The summed E-state index contributed by atoms with van der Waals surface area (Å²) in [7, 11) is 0. The summed E-state index contributed by atoms with van der Waals surface area (Å²) in [4.78, 5) is 11.5. The van der Waals surface area contributed by atoms with E-state index >= 15 is 0 Å². The molecule has 0 rings (SSSR count). The average Bonchev–Trinajstić information content (AvgIpc) is 2.48. The maximum Gasteiger partial charge on any atom is 0.305 e. The smallest absolute Gasteiger partial charge is 0.305 e. The molecule has 21 heavy (non-hydrogen) atoms. The summed E-state index contributed by atoms with van der Waals surface area (Å²) >= 11 is 0. The molecule has 0 radical (unpaired) electrons. The number of rotatable bonds is 14. The van der Waals surface area contributed by atoms with Gasteiger partial charge in [0.2, 0.25) is 0 Å². The standard InChI is InChI=1S/C18H38NO2/c1-5-9-14-19(15-10-6-2,16-11-7-3)17-12-13-18(20)21-8-4/h5-17H2,1-4H3/q+1. The Morgan fingerprint density at radius 2 is 1.19 bits per heavy atom. The zero-order chi connectivity index (χ0) is 16.0. The minimum absolute atomic E-state index is 0.0305. The zero-order valence-corrected chi connectivity index (χ0v) is 15.0. The first-order valence-electron chi connectivity index (χ1n) is 9.14. The fourth-order valence-electron chi connectivity index (χ4n) is 2.94. The summed E-state index contributed by atoms with van der Waals surface area (Å²) in [5.74, 6) is -0.0305. The van der Waals surface area contributed by atoms with Crippen LogP contribution in [0.5, 0.6) is 0 Å². The van der Waals surface area contributed by atoms with Gasteiger partial charge in [-0.2, -0.15) is 0 Å². The quantitative estimate of drug-likeness (QED) is 0.347. The maximum atomic E-state index is 11.5. The summed E-state index contributed by atoms with van der Waals surface area (Å²) in [6.45, 7) is 14.2. The van der Waals surface area contributed by atoms with E-state index in [0.717, 1.165) is 13.0 Å². The monoisotopic (exact) mass is 300 g/mol. The van der Waals surface area contributed by atoms with Crippen molar-refractivity contribution in [1.82, 2.24) is 0 Å². The van der Waals surface area contributed by atoms with Gasteiger partial charge in [0, 0.05) is 6.42 Å². The van der Waals surface area contributed by atoms with Crippen LogP contribution in [-0.2, 0) is 9.53 Å². The lowest BCUT2D eigenvalue weighted by Gasteiger charge is -2.39. The molecule has 0 aliphatic rings. The van der Waals surface area contributed by atoms with Crippen LogP contribution in [0, 0.1) is 0 Å². The largest absolute Gasteiger partial charge is 0.466 e. The van der Waals surface area contributed by atoms with Crippen LogP contribution < -0.4 is 0 Å². The number of hydrogen-bond acceptors (Lipinski definition) is 2. The molecule has 0 saturated heterocycles. The first kappa shape index (κ1) is 20.4. The Hall–Kier alpha value is -0.570. The Morgan fingerprint density at radius 1 is 0.762 bits per heavy atom. The van der Waals surface area contributed by atoms with Crippen LogP contribution in [0.1, 0.15) is 79.1 Å². The van der Waals surface area contributed by atoms with E-state index in [4.69, 9.17) is 4.74 Å². The first-order valence-corrected chi connectivity index (χ1v) is 9.14. The van der Waals surface area contributed by atoms with Gasteiger partial charge in [-0.15, -0.1) is 0 Å². The number of carbonyl (C=O) groups excluding carboxylic acids is 1. The van der Waals surface area contributed by atoms with Gasteiger partial charge in [-0.1, -0.05) is 40.0 Å². The van der Waals surface area contributed by atoms with Crippen molar-refractivity contribution < 1.29 is 14.0 Å². The van der Waals surface area contributed by atoms with Crippen molar-refractivity contribution in [2.75, 3.05) is 32.8 Å². The van der Waals surface area contributed by atoms with E-state index in [9.17, 15) is 4.79 Å². The van der Waals surface area contributed by atoms with Gasteiger partial charge in [0.25, 0.3) is 0 Å². The normalized spacial score (nSPS) is 11.6. The number of ether oxygens (including phenoxy) is 1. The lowest BCUT2D eigenvalue weighted by Crippen LogP contribution is -2.50. The van der Waals surface area contributed by atoms with Crippen LogP contribution in [0.2, 0.25) is 0 Å². The molecular weight excluding hydrogens is 262 g/mol. The third-order valence-corrected chi connectivity index (χ3v) is 4.28. The Balaban J connectivity index is 4.51. The van der Waals surface area contributed by atoms with Crippen molar-refractivity contribution in [3.63, 3.8) is 0 Å². The predicted molar refractivity (Wildman–Crippen MR) is 90.3 cm³/mol. The molecule has 0 heterocycles. The van der Waals surface area contributed by atoms with Gasteiger partial charge in [-0.05, 0) is 26.2 Å². The van der Waals surface area contributed by atoms with E-state index in [1.165, 1.54) is 62.6 Å². The van der Waals surface area contributed by atoms with Crippen molar-refractivity contribution in [2.24, 2.45) is 0 Å². The van der Waals surface area contributed by atoms with Crippen LogP contribution in [0.15, 0.2) is 0 Å². The SMILES string of the molecule is CCCC[N+](CCCC)(CCCC)CCCC(=O)OCC. The van der Waals surface area contributed by atoms with Gasteiger partial charge >= 0.3 is 5.97 Å². The lowest BCUT2D eigenvalue weighted by atomic mass is 10.1. The molecule has 3 heteroatoms. The molecule has 0 bridgehead atoms. The molecule has 0 fully saturated rings. The van der Waals surface area contributed by atoms with Crippen LogP contribution in [0.3, 0.4) is 0 Å². The molecule has 0 amide bonds. The Morgan fingerprint density at radius 3 is 1.57 bits per heavy atom. The van der Waals surface area contributed by atoms with Gasteiger partial charge in [0.05, 0.1) is 39.2 Å². The maximum absolute atomic E-state index is 11.5. The summed E-state index contributed by atoms with van der Waals surface area (Å²) in [5, 5.41) is 0. The highest BCUT2D eigenvalue weighted by molar-refractivity contribution is 5.69. The van der Waals surface area contributed by atoms with Gasteiger partial charge in [0.1, 0.15) is 0 Å². The summed E-state index contributed by atoms with van der Waals surface area (Å²) in [6.07, 6.45) is 9.23. The third kappa shape index (κ3) is 9.89. The Kier molecular flexibility index (Phi) is 12.8. The summed E-state index contributed by atoms with van der Waals surface area (Å²) < 4.78 is 6.27. The van der Waals surface area contributed by atoms with E-state index in [0.29, 0.717) is 13.0 Å². The fraction of sp³-hybridized carbons (Fsp3) is 0.944. The number of esters is 1. The van der Waals surface area contributed by atoms with Crippen LogP contribution >= 0.6 is 0 Å². The van der Waals surface area contributed by atoms with E-state index in [1.54, 1.807) is 0 Å². The third-order valence-electron chi connectivity index (χ3n) is 4.28. The van der Waals surface area contributed by atoms with Gasteiger partial charge in [0.15, 0.2) is 0 Å². The van der Waals surface area contributed by atoms with E-state index in [-0.39, 0.29) is 5.97 Å². The first-order chi connectivity index (χ1) is 10.1. The highest BCUT2D eigenvalue weighted by Crippen LogP contribution is 2.16. The summed E-state index contributed by atoms with van der Waals surface area (Å²) in [6, 6.07) is 0. The molecule has 0 aromatic carbocycles. The molecule has 126 valence electrons. The molecule has 0 saturated carbocycles. The fourth-order valence-corrected chi connectivity index (χ4v) is 2.94. The average molecular weight is 301 g/mol. The zero-order valence-electron chi connectivity index (χ0n) is 15.0. The van der Waals surface area contributed by atoms with Crippen molar-refractivity contribution in [3.8, 4) is 0 Å². The number of quaternary nitrogens is 1. The van der Waals surface area contributed by atoms with Crippen molar-refractivity contribution in [3.05, 3.63) is 0 Å². The van der Waals surface area contributed by atoms with Gasteiger partial charge in [-0.3, -0.25) is 4.79 Å².